The van der Waals surface area contributed by atoms with Crippen LogP contribution in [0.2, 0.25) is 23.2 Å². The SMILES string of the molecule is [C-]#[N+]c1ccc(N[C@@H](c2nnc(-c3ccc(NC(=O)c4ccccc4)cc3)o2)[C@@H](C)O[Si](C)(C)C(C)(C)C)c(C)c1Cl. The Morgan fingerprint density at radius 3 is 2.33 bits per heavy atom. The summed E-state index contributed by atoms with van der Waals surface area (Å²) in [6.07, 6.45) is -0.325. The lowest BCUT2D eigenvalue weighted by Gasteiger charge is -2.40. The predicted molar refractivity (Wildman–Crippen MR) is 171 cm³/mol. The summed E-state index contributed by atoms with van der Waals surface area (Å²) in [5.74, 6) is 0.519. The van der Waals surface area contributed by atoms with Gasteiger partial charge in [-0.05, 0) is 80.0 Å². The van der Waals surface area contributed by atoms with Crippen molar-refractivity contribution in [2.75, 3.05) is 10.6 Å². The first-order valence-corrected chi connectivity index (χ1v) is 17.0. The Morgan fingerprint density at radius 1 is 1.05 bits per heavy atom. The normalized spacial score (nSPS) is 13.2. The van der Waals surface area contributed by atoms with Crippen molar-refractivity contribution in [1.29, 1.82) is 0 Å². The number of nitrogens with one attached hydrogen (secondary N) is 2. The lowest BCUT2D eigenvalue weighted by molar-refractivity contribution is 0.102. The second-order valence-corrected chi connectivity index (χ2v) is 16.9. The number of hydrogen-bond donors (Lipinski definition) is 2. The van der Waals surface area contributed by atoms with Crippen LogP contribution in [-0.4, -0.2) is 30.5 Å². The molecule has 1 heterocycles. The van der Waals surface area contributed by atoms with E-state index in [1.807, 2.05) is 50.2 Å². The maximum Gasteiger partial charge on any atom is 0.255 e. The van der Waals surface area contributed by atoms with Gasteiger partial charge in [-0.25, -0.2) is 4.85 Å². The van der Waals surface area contributed by atoms with Gasteiger partial charge in [0.15, 0.2) is 8.32 Å². The topological polar surface area (TPSA) is 93.6 Å². The summed E-state index contributed by atoms with van der Waals surface area (Å²) in [5, 5.41) is 15.5. The van der Waals surface area contributed by atoms with Crippen molar-refractivity contribution < 1.29 is 13.6 Å². The molecule has 0 fully saturated rings. The van der Waals surface area contributed by atoms with Crippen LogP contribution in [0, 0.1) is 13.5 Å². The van der Waals surface area contributed by atoms with E-state index in [0.717, 1.165) is 11.3 Å². The first-order chi connectivity index (χ1) is 19.8. The Bertz CT molecular complexity index is 1590. The highest BCUT2D eigenvalue weighted by Crippen LogP contribution is 2.40. The van der Waals surface area contributed by atoms with Crippen LogP contribution in [0.5, 0.6) is 0 Å². The summed E-state index contributed by atoms with van der Waals surface area (Å²) < 4.78 is 12.9. The molecule has 3 aromatic carbocycles. The van der Waals surface area contributed by atoms with Crippen LogP contribution in [-0.2, 0) is 4.43 Å². The van der Waals surface area contributed by atoms with Crippen molar-refractivity contribution in [2.45, 2.75) is 64.9 Å². The average molecular weight is 602 g/mol. The zero-order chi connectivity index (χ0) is 30.7. The fraction of sp³-hybridized carbons (Fsp3) is 0.312. The van der Waals surface area contributed by atoms with Crippen molar-refractivity contribution in [3.8, 4) is 11.5 Å². The molecular formula is C32H36ClN5O3Si. The standard InChI is InChI=1S/C32H36ClN5O3Si/c1-20-25(18-19-26(34-6)27(20)33)36-28(21(2)41-42(7,8)32(3,4)5)31-38-37-30(40-31)23-14-16-24(17-15-23)35-29(39)22-12-10-9-11-13-22/h9-19,21,28,36H,1-5,7-8H3,(H,35,39)/t21-,28-/m1/s1. The van der Waals surface area contributed by atoms with E-state index in [-0.39, 0.29) is 17.0 Å². The molecule has 1 amide bonds. The van der Waals surface area contributed by atoms with Gasteiger partial charge < -0.3 is 19.5 Å². The van der Waals surface area contributed by atoms with E-state index >= 15 is 0 Å². The first-order valence-electron chi connectivity index (χ1n) is 13.7. The second-order valence-electron chi connectivity index (χ2n) is 11.7. The summed E-state index contributed by atoms with van der Waals surface area (Å²) in [6.45, 7) is 22.2. The van der Waals surface area contributed by atoms with E-state index in [0.29, 0.717) is 39.3 Å². The number of carbonyl (C=O) groups is 1. The lowest BCUT2D eigenvalue weighted by Crippen LogP contribution is -2.45. The van der Waals surface area contributed by atoms with E-state index in [2.05, 4.69) is 59.5 Å². The number of nitrogens with zero attached hydrogens (tertiary/aromatic N) is 3. The third kappa shape index (κ3) is 6.90. The molecule has 218 valence electrons. The van der Waals surface area contributed by atoms with Gasteiger partial charge in [-0.1, -0.05) is 56.6 Å². The zero-order valence-corrected chi connectivity index (χ0v) is 26.7. The molecule has 0 spiro atoms. The third-order valence-corrected chi connectivity index (χ3v) is 12.7. The maximum absolute atomic E-state index is 12.5. The summed E-state index contributed by atoms with van der Waals surface area (Å²) >= 11 is 6.48. The van der Waals surface area contributed by atoms with Crippen LogP contribution in [0.4, 0.5) is 17.1 Å². The number of carbonyl (C=O) groups excluding carboxylic acids is 1. The van der Waals surface area contributed by atoms with Crippen LogP contribution in [0.1, 0.15) is 55.5 Å². The Labute approximate surface area is 253 Å². The molecule has 10 heteroatoms. The minimum atomic E-state index is -2.15. The van der Waals surface area contributed by atoms with Gasteiger partial charge in [0.25, 0.3) is 5.91 Å². The molecular weight excluding hydrogens is 566 g/mol. The molecule has 1 aromatic heterocycles. The average Bonchev–Trinajstić information content (AvgIpc) is 3.43. The number of hydrogen-bond acceptors (Lipinski definition) is 6. The molecule has 0 saturated heterocycles. The minimum absolute atomic E-state index is 0.00000839. The lowest BCUT2D eigenvalue weighted by atomic mass is 10.1. The van der Waals surface area contributed by atoms with Crippen LogP contribution in [0.15, 0.2) is 71.1 Å². The fourth-order valence-electron chi connectivity index (χ4n) is 4.14. The quantitative estimate of drug-likeness (QED) is 0.147. The summed E-state index contributed by atoms with van der Waals surface area (Å²) in [6, 6.07) is 19.3. The van der Waals surface area contributed by atoms with E-state index in [1.54, 1.807) is 30.3 Å². The van der Waals surface area contributed by atoms with Gasteiger partial charge in [-0.3, -0.25) is 4.79 Å². The highest BCUT2D eigenvalue weighted by Gasteiger charge is 2.41. The Hall–Kier alpha value is -3.97. The molecule has 0 aliphatic heterocycles. The Kier molecular flexibility index (Phi) is 9.21. The van der Waals surface area contributed by atoms with Crippen molar-refractivity contribution in [3.05, 3.63) is 100 Å². The number of rotatable bonds is 9. The van der Waals surface area contributed by atoms with E-state index < -0.39 is 14.4 Å². The highest BCUT2D eigenvalue weighted by atomic mass is 35.5. The molecule has 0 unspecified atom stereocenters. The van der Waals surface area contributed by atoms with E-state index in [9.17, 15) is 4.79 Å². The molecule has 0 saturated carbocycles. The van der Waals surface area contributed by atoms with Gasteiger partial charge in [0.1, 0.15) is 6.04 Å². The number of anilines is 2. The predicted octanol–water partition coefficient (Wildman–Crippen LogP) is 9.07. The Balaban J connectivity index is 1.61. The third-order valence-electron chi connectivity index (χ3n) is 7.69. The summed E-state index contributed by atoms with van der Waals surface area (Å²) in [5.41, 5.74) is 3.84. The molecule has 42 heavy (non-hydrogen) atoms. The van der Waals surface area contributed by atoms with Crippen LogP contribution >= 0.6 is 11.6 Å². The number of aromatic nitrogens is 2. The molecule has 0 aliphatic rings. The Morgan fingerprint density at radius 2 is 1.71 bits per heavy atom. The molecule has 2 atom stereocenters. The van der Waals surface area contributed by atoms with Gasteiger partial charge in [0, 0.05) is 22.5 Å². The van der Waals surface area contributed by atoms with Crippen LogP contribution < -0.4 is 10.6 Å². The number of amides is 1. The van der Waals surface area contributed by atoms with Crippen LogP contribution in [0.25, 0.3) is 16.3 Å². The summed E-state index contributed by atoms with van der Waals surface area (Å²) in [4.78, 5) is 16.0. The van der Waals surface area contributed by atoms with Crippen molar-refractivity contribution in [3.63, 3.8) is 0 Å². The van der Waals surface area contributed by atoms with E-state index in [1.165, 1.54) is 0 Å². The molecule has 0 aliphatic carbocycles. The highest BCUT2D eigenvalue weighted by molar-refractivity contribution is 6.74. The van der Waals surface area contributed by atoms with Gasteiger partial charge >= 0.3 is 0 Å². The molecule has 4 aromatic rings. The van der Waals surface area contributed by atoms with Gasteiger partial charge in [-0.15, -0.1) is 10.2 Å². The molecule has 8 nitrogen and oxygen atoms in total. The molecule has 0 bridgehead atoms. The fourth-order valence-corrected chi connectivity index (χ4v) is 5.76. The second kappa shape index (κ2) is 12.5. The van der Waals surface area contributed by atoms with Crippen molar-refractivity contribution >= 4 is 42.9 Å². The molecule has 0 radical (unpaired) electrons. The van der Waals surface area contributed by atoms with Gasteiger partial charge in [-0.2, -0.15) is 0 Å². The maximum atomic E-state index is 12.5. The number of halogens is 1. The summed E-state index contributed by atoms with van der Waals surface area (Å²) in [7, 11) is -2.15. The molecule has 4 rings (SSSR count). The van der Waals surface area contributed by atoms with E-state index in [4.69, 9.17) is 27.0 Å². The first kappa shape index (κ1) is 31.0. The van der Waals surface area contributed by atoms with Crippen molar-refractivity contribution in [2.24, 2.45) is 0 Å². The van der Waals surface area contributed by atoms with Gasteiger partial charge in [0.2, 0.25) is 17.5 Å². The smallest absolute Gasteiger partial charge is 0.255 e. The monoisotopic (exact) mass is 601 g/mol. The molecule has 2 N–H and O–H groups in total. The van der Waals surface area contributed by atoms with Crippen molar-refractivity contribution in [1.82, 2.24) is 10.2 Å². The zero-order valence-electron chi connectivity index (χ0n) is 24.9. The van der Waals surface area contributed by atoms with Crippen LogP contribution in [0.3, 0.4) is 0 Å². The van der Waals surface area contributed by atoms with Gasteiger partial charge in [0.05, 0.1) is 17.7 Å². The number of benzene rings is 3. The largest absolute Gasteiger partial charge is 0.418 e. The minimum Gasteiger partial charge on any atom is -0.418 e.